The topological polar surface area (TPSA) is 40.5 Å². The first-order chi connectivity index (χ1) is 9.21. The Bertz CT molecular complexity index is 559. The van der Waals surface area contributed by atoms with E-state index in [1.54, 1.807) is 0 Å². The standard InChI is InChI=1S/C12H10ClF4NO2/c13-8-5-9(14)6-1-3-18(11(20)12(15,16)17)4-2-7(6)10(8)19/h5,19H,1-4H2. The summed E-state index contributed by atoms with van der Waals surface area (Å²) in [6.45, 7) is -0.512. The maximum absolute atomic E-state index is 13.7. The summed E-state index contributed by atoms with van der Waals surface area (Å²) in [5.41, 5.74) is 0.261. The molecule has 1 aliphatic rings. The second kappa shape index (κ2) is 5.12. The van der Waals surface area contributed by atoms with Gasteiger partial charge < -0.3 is 10.0 Å². The van der Waals surface area contributed by atoms with E-state index in [1.807, 2.05) is 0 Å². The summed E-state index contributed by atoms with van der Waals surface area (Å²) in [6.07, 6.45) is -5.15. The number of aromatic hydroxyl groups is 1. The molecule has 110 valence electrons. The molecule has 1 heterocycles. The zero-order chi connectivity index (χ0) is 15.1. The lowest BCUT2D eigenvalue weighted by Crippen LogP contribution is -2.42. The highest BCUT2D eigenvalue weighted by atomic mass is 35.5. The molecule has 0 fully saturated rings. The van der Waals surface area contributed by atoms with E-state index in [9.17, 15) is 27.5 Å². The Balaban J connectivity index is 2.30. The summed E-state index contributed by atoms with van der Waals surface area (Å²) in [5, 5.41) is 9.56. The van der Waals surface area contributed by atoms with Crippen LogP contribution < -0.4 is 0 Å². The highest BCUT2D eigenvalue weighted by Crippen LogP contribution is 2.34. The largest absolute Gasteiger partial charge is 0.506 e. The number of hydrogen-bond acceptors (Lipinski definition) is 2. The molecule has 20 heavy (non-hydrogen) atoms. The normalized spacial score (nSPS) is 15.8. The predicted octanol–water partition coefficient (Wildman–Crippen LogP) is 2.67. The van der Waals surface area contributed by atoms with Crippen molar-refractivity contribution in [3.8, 4) is 5.75 Å². The van der Waals surface area contributed by atoms with Gasteiger partial charge in [0.05, 0.1) is 5.02 Å². The number of phenols is 1. The van der Waals surface area contributed by atoms with E-state index in [4.69, 9.17) is 11.6 Å². The molecule has 1 amide bonds. The summed E-state index contributed by atoms with van der Waals surface area (Å²) in [4.78, 5) is 11.8. The highest BCUT2D eigenvalue weighted by molar-refractivity contribution is 6.32. The second-order valence-electron chi connectivity index (χ2n) is 4.44. The van der Waals surface area contributed by atoms with Crippen molar-refractivity contribution in [2.24, 2.45) is 0 Å². The van der Waals surface area contributed by atoms with Gasteiger partial charge in [0.15, 0.2) is 0 Å². The van der Waals surface area contributed by atoms with Crippen LogP contribution in [0.1, 0.15) is 11.1 Å². The molecule has 1 aromatic rings. The molecule has 1 aromatic carbocycles. The molecule has 0 radical (unpaired) electrons. The van der Waals surface area contributed by atoms with Crippen molar-refractivity contribution in [3.63, 3.8) is 0 Å². The Morgan fingerprint density at radius 2 is 1.80 bits per heavy atom. The van der Waals surface area contributed by atoms with Crippen LogP contribution in [0.15, 0.2) is 6.07 Å². The molecule has 0 unspecified atom stereocenters. The van der Waals surface area contributed by atoms with E-state index in [-0.39, 0.29) is 47.8 Å². The Morgan fingerprint density at radius 3 is 2.35 bits per heavy atom. The van der Waals surface area contributed by atoms with Crippen LogP contribution in [0, 0.1) is 5.82 Å². The second-order valence-corrected chi connectivity index (χ2v) is 4.84. The number of carbonyl (C=O) groups is 1. The average molecular weight is 312 g/mol. The summed E-state index contributed by atoms with van der Waals surface area (Å²) >= 11 is 5.63. The lowest BCUT2D eigenvalue weighted by molar-refractivity contribution is -0.185. The molecule has 0 atom stereocenters. The first-order valence-electron chi connectivity index (χ1n) is 5.76. The Hall–Kier alpha value is -1.50. The number of hydrogen-bond donors (Lipinski definition) is 1. The fourth-order valence-electron chi connectivity index (χ4n) is 2.23. The van der Waals surface area contributed by atoms with Crippen LogP contribution >= 0.6 is 11.6 Å². The van der Waals surface area contributed by atoms with Crippen LogP contribution in [0.25, 0.3) is 0 Å². The maximum atomic E-state index is 13.7. The van der Waals surface area contributed by atoms with Crippen molar-refractivity contribution in [3.05, 3.63) is 28.0 Å². The van der Waals surface area contributed by atoms with Crippen molar-refractivity contribution in [1.82, 2.24) is 4.90 Å². The van der Waals surface area contributed by atoms with Crippen molar-refractivity contribution in [2.75, 3.05) is 13.1 Å². The third-order valence-corrected chi connectivity index (χ3v) is 3.50. The zero-order valence-electron chi connectivity index (χ0n) is 10.1. The molecule has 1 N–H and O–H groups in total. The molecule has 3 nitrogen and oxygen atoms in total. The lowest BCUT2D eigenvalue weighted by Gasteiger charge is -2.21. The van der Waals surface area contributed by atoms with Crippen molar-refractivity contribution in [2.45, 2.75) is 19.0 Å². The van der Waals surface area contributed by atoms with Gasteiger partial charge in [0, 0.05) is 18.7 Å². The third kappa shape index (κ3) is 2.67. The van der Waals surface area contributed by atoms with Gasteiger partial charge in [-0.25, -0.2) is 4.39 Å². The molecule has 0 aromatic heterocycles. The van der Waals surface area contributed by atoms with Crippen LogP contribution in [0.4, 0.5) is 17.6 Å². The summed E-state index contributed by atoms with van der Waals surface area (Å²) in [6, 6.07) is 0.914. The smallest absolute Gasteiger partial charge is 0.471 e. The molecular weight excluding hydrogens is 302 g/mol. The number of benzene rings is 1. The molecule has 0 saturated heterocycles. The van der Waals surface area contributed by atoms with Crippen LogP contribution in [-0.2, 0) is 17.6 Å². The van der Waals surface area contributed by atoms with Crippen LogP contribution in [0.3, 0.4) is 0 Å². The lowest BCUT2D eigenvalue weighted by atomic mass is 10.0. The van der Waals surface area contributed by atoms with Gasteiger partial charge in [-0.15, -0.1) is 0 Å². The quantitative estimate of drug-likeness (QED) is 0.748. The number of amides is 1. The summed E-state index contributed by atoms with van der Waals surface area (Å²) in [7, 11) is 0. The fraction of sp³-hybridized carbons (Fsp3) is 0.417. The number of halogens is 5. The molecule has 2 rings (SSSR count). The minimum absolute atomic E-state index is 0.0829. The van der Waals surface area contributed by atoms with Gasteiger partial charge in [-0.05, 0) is 24.5 Å². The summed E-state index contributed by atoms with van der Waals surface area (Å²) in [5.74, 6) is -3.00. The number of carbonyl (C=O) groups excluding carboxylic acids is 1. The molecule has 0 saturated carbocycles. The molecule has 0 bridgehead atoms. The Kier molecular flexibility index (Phi) is 3.82. The van der Waals surface area contributed by atoms with Crippen LogP contribution in [-0.4, -0.2) is 35.2 Å². The molecule has 0 aliphatic carbocycles. The van der Waals surface area contributed by atoms with Crippen LogP contribution in [0.2, 0.25) is 5.02 Å². The molecular formula is C12H10ClF4NO2. The van der Waals surface area contributed by atoms with Gasteiger partial charge in [-0.2, -0.15) is 13.2 Å². The third-order valence-electron chi connectivity index (χ3n) is 3.21. The van der Waals surface area contributed by atoms with Gasteiger partial charge >= 0.3 is 12.1 Å². The Labute approximate surface area is 116 Å². The minimum atomic E-state index is -4.96. The minimum Gasteiger partial charge on any atom is -0.506 e. The van der Waals surface area contributed by atoms with Crippen molar-refractivity contribution < 1.29 is 27.5 Å². The number of nitrogens with zero attached hydrogens (tertiary/aromatic N) is 1. The van der Waals surface area contributed by atoms with Gasteiger partial charge in [-0.3, -0.25) is 4.79 Å². The number of alkyl halides is 3. The Morgan fingerprint density at radius 1 is 1.25 bits per heavy atom. The number of rotatable bonds is 0. The van der Waals surface area contributed by atoms with Gasteiger partial charge in [0.1, 0.15) is 11.6 Å². The maximum Gasteiger partial charge on any atom is 0.471 e. The first-order valence-corrected chi connectivity index (χ1v) is 6.14. The van der Waals surface area contributed by atoms with Crippen LogP contribution in [0.5, 0.6) is 5.75 Å². The number of fused-ring (bicyclic) bond motifs is 1. The van der Waals surface area contributed by atoms with Gasteiger partial charge in [0.2, 0.25) is 0 Å². The van der Waals surface area contributed by atoms with E-state index in [1.165, 1.54) is 0 Å². The molecule has 0 spiro atoms. The highest BCUT2D eigenvalue weighted by Gasteiger charge is 2.42. The number of phenolic OH excluding ortho intramolecular Hbond substituents is 1. The average Bonchev–Trinajstić information content (AvgIpc) is 2.57. The van der Waals surface area contributed by atoms with E-state index < -0.39 is 17.9 Å². The molecule has 1 aliphatic heterocycles. The van der Waals surface area contributed by atoms with E-state index in [0.717, 1.165) is 6.07 Å². The fourth-order valence-corrected chi connectivity index (χ4v) is 2.44. The van der Waals surface area contributed by atoms with E-state index >= 15 is 0 Å². The first kappa shape index (κ1) is 14.9. The van der Waals surface area contributed by atoms with Crippen molar-refractivity contribution >= 4 is 17.5 Å². The van der Waals surface area contributed by atoms with Gasteiger partial charge in [-0.1, -0.05) is 11.6 Å². The summed E-state index contributed by atoms with van der Waals surface area (Å²) < 4.78 is 50.9. The SMILES string of the molecule is O=C(N1CCc2c(F)cc(Cl)c(O)c2CC1)C(F)(F)F. The molecule has 8 heteroatoms. The van der Waals surface area contributed by atoms with E-state index in [0.29, 0.717) is 4.90 Å². The predicted molar refractivity (Wildman–Crippen MR) is 63.1 cm³/mol. The van der Waals surface area contributed by atoms with Gasteiger partial charge in [0.25, 0.3) is 0 Å². The van der Waals surface area contributed by atoms with Crippen molar-refractivity contribution in [1.29, 1.82) is 0 Å². The monoisotopic (exact) mass is 311 g/mol. The van der Waals surface area contributed by atoms with E-state index in [2.05, 4.69) is 0 Å². The zero-order valence-corrected chi connectivity index (χ0v) is 10.9.